The van der Waals surface area contributed by atoms with E-state index in [1.165, 1.54) is 0 Å². The first-order valence-electron chi connectivity index (χ1n) is 2.94. The summed E-state index contributed by atoms with van der Waals surface area (Å²) in [6.45, 7) is -0.592. The number of hydrogen-bond donors (Lipinski definition) is 1. The molecule has 0 radical (unpaired) electrons. The molecule has 0 unspecified atom stereocenters. The molecule has 2 N–H and O–H groups in total. The molecule has 0 heterocycles. The van der Waals surface area contributed by atoms with Gasteiger partial charge in [-0.25, -0.2) is 4.39 Å². The second-order valence-corrected chi connectivity index (χ2v) is 3.42. The van der Waals surface area contributed by atoms with Gasteiger partial charge in [-0.05, 0) is 12.1 Å². The van der Waals surface area contributed by atoms with Crippen molar-refractivity contribution in [3.8, 4) is 0 Å². The van der Waals surface area contributed by atoms with Gasteiger partial charge in [0, 0.05) is 10.0 Å². The van der Waals surface area contributed by atoms with Crippen LogP contribution in [-0.4, -0.2) is 0 Å². The van der Waals surface area contributed by atoms with Gasteiger partial charge in [-0.3, -0.25) is 0 Å². The Morgan fingerprint density at radius 1 is 1.55 bits per heavy atom. The topological polar surface area (TPSA) is 26.0 Å². The molecule has 1 nitrogen and oxygen atoms in total. The van der Waals surface area contributed by atoms with E-state index in [0.29, 0.717) is 16.3 Å². The van der Waals surface area contributed by atoms with Gasteiger partial charge in [0.15, 0.2) is 0 Å². The van der Waals surface area contributed by atoms with Crippen LogP contribution in [0, 0.1) is 0 Å². The second-order valence-electron chi connectivity index (χ2n) is 2.09. The molecule has 0 spiro atoms. The summed E-state index contributed by atoms with van der Waals surface area (Å²) in [6, 6.07) is 3.25. The van der Waals surface area contributed by atoms with Gasteiger partial charge >= 0.3 is 0 Å². The first kappa shape index (κ1) is 8.81. The first-order chi connectivity index (χ1) is 5.15. The summed E-state index contributed by atoms with van der Waals surface area (Å²) in [4.78, 5) is 0. The van der Waals surface area contributed by atoms with E-state index >= 15 is 0 Å². The maximum Gasteiger partial charge on any atom is 0.117 e. The minimum atomic E-state index is -0.592. The molecule has 0 aliphatic rings. The van der Waals surface area contributed by atoms with Crippen molar-refractivity contribution in [2.24, 2.45) is 0 Å². The maximum atomic E-state index is 12.2. The summed E-state index contributed by atoms with van der Waals surface area (Å²) in [5.74, 6) is 0. The molecule has 0 amide bonds. The third kappa shape index (κ3) is 1.84. The van der Waals surface area contributed by atoms with Crippen LogP contribution in [0.4, 0.5) is 10.1 Å². The van der Waals surface area contributed by atoms with Crippen LogP contribution in [0.3, 0.4) is 0 Å². The molecule has 1 aromatic rings. The molecule has 0 saturated heterocycles. The van der Waals surface area contributed by atoms with Gasteiger partial charge in [0.2, 0.25) is 0 Å². The van der Waals surface area contributed by atoms with Gasteiger partial charge in [0.05, 0.1) is 10.7 Å². The summed E-state index contributed by atoms with van der Waals surface area (Å²) < 4.78 is 12.9. The molecule has 0 saturated carbocycles. The minimum Gasteiger partial charge on any atom is -0.397 e. The zero-order valence-electron chi connectivity index (χ0n) is 5.57. The summed E-state index contributed by atoms with van der Waals surface area (Å²) in [5, 5.41) is 0.382. The number of anilines is 1. The largest absolute Gasteiger partial charge is 0.397 e. The number of alkyl halides is 1. The van der Waals surface area contributed by atoms with E-state index in [9.17, 15) is 4.39 Å². The molecular formula is C7H6BrClFN. The van der Waals surface area contributed by atoms with E-state index in [2.05, 4.69) is 15.9 Å². The summed E-state index contributed by atoms with van der Waals surface area (Å²) in [6.07, 6.45) is 0. The van der Waals surface area contributed by atoms with Gasteiger partial charge < -0.3 is 5.73 Å². The van der Waals surface area contributed by atoms with Crippen LogP contribution >= 0.6 is 27.5 Å². The van der Waals surface area contributed by atoms with Gasteiger partial charge in [0.1, 0.15) is 6.67 Å². The lowest BCUT2D eigenvalue weighted by Crippen LogP contribution is -1.93. The summed E-state index contributed by atoms with van der Waals surface area (Å²) in [5.41, 5.74) is 6.21. The van der Waals surface area contributed by atoms with Crippen LogP contribution in [0.15, 0.2) is 16.6 Å². The lowest BCUT2D eigenvalue weighted by molar-refractivity contribution is 0.486. The van der Waals surface area contributed by atoms with E-state index in [0.717, 1.165) is 4.47 Å². The van der Waals surface area contributed by atoms with E-state index in [1.54, 1.807) is 12.1 Å². The van der Waals surface area contributed by atoms with Crippen LogP contribution in [-0.2, 0) is 6.67 Å². The zero-order valence-corrected chi connectivity index (χ0v) is 7.91. The summed E-state index contributed by atoms with van der Waals surface area (Å²) in [7, 11) is 0. The number of nitrogens with two attached hydrogens (primary N) is 1. The zero-order chi connectivity index (χ0) is 8.43. The Morgan fingerprint density at radius 3 is 2.73 bits per heavy atom. The quantitative estimate of drug-likeness (QED) is 0.747. The highest BCUT2D eigenvalue weighted by Gasteiger charge is 2.04. The standard InChI is InChI=1S/C7H6BrClFN/c8-5-1-4(3-10)7(11)6(9)2-5/h1-2H,3,11H2. The number of benzene rings is 1. The Labute approximate surface area is 77.5 Å². The normalized spacial score (nSPS) is 10.1. The fraction of sp³-hybridized carbons (Fsp3) is 0.143. The Morgan fingerprint density at radius 2 is 2.18 bits per heavy atom. The monoisotopic (exact) mass is 237 g/mol. The number of hydrogen-bond acceptors (Lipinski definition) is 1. The van der Waals surface area contributed by atoms with Crippen LogP contribution in [0.25, 0.3) is 0 Å². The SMILES string of the molecule is Nc1c(Cl)cc(Br)cc1CF. The van der Waals surface area contributed by atoms with E-state index in [4.69, 9.17) is 17.3 Å². The van der Waals surface area contributed by atoms with Crippen molar-refractivity contribution in [3.63, 3.8) is 0 Å². The van der Waals surface area contributed by atoms with Crippen molar-refractivity contribution in [1.82, 2.24) is 0 Å². The Hall–Kier alpha value is -0.280. The Balaban J connectivity index is 3.24. The average molecular weight is 238 g/mol. The smallest absolute Gasteiger partial charge is 0.117 e. The molecule has 0 aromatic heterocycles. The number of rotatable bonds is 1. The Kier molecular flexibility index (Phi) is 2.73. The molecular weight excluding hydrogens is 232 g/mol. The fourth-order valence-corrected chi connectivity index (χ4v) is 1.62. The number of halogens is 3. The van der Waals surface area contributed by atoms with Crippen molar-refractivity contribution in [3.05, 3.63) is 27.2 Å². The van der Waals surface area contributed by atoms with Crippen LogP contribution < -0.4 is 5.73 Å². The molecule has 0 aliphatic carbocycles. The maximum absolute atomic E-state index is 12.2. The van der Waals surface area contributed by atoms with Gasteiger partial charge in [-0.15, -0.1) is 0 Å². The van der Waals surface area contributed by atoms with Gasteiger partial charge in [0.25, 0.3) is 0 Å². The fourth-order valence-electron chi connectivity index (χ4n) is 0.749. The van der Waals surface area contributed by atoms with E-state index in [1.807, 2.05) is 0 Å². The first-order valence-corrected chi connectivity index (χ1v) is 4.11. The minimum absolute atomic E-state index is 0.317. The third-order valence-electron chi connectivity index (χ3n) is 1.32. The lowest BCUT2D eigenvalue weighted by Gasteiger charge is -2.03. The van der Waals surface area contributed by atoms with Crippen molar-refractivity contribution >= 4 is 33.2 Å². The Bertz CT molecular complexity index is 277. The molecule has 1 aromatic carbocycles. The highest BCUT2D eigenvalue weighted by Crippen LogP contribution is 2.28. The van der Waals surface area contributed by atoms with Crippen LogP contribution in [0.2, 0.25) is 5.02 Å². The molecule has 0 bridgehead atoms. The lowest BCUT2D eigenvalue weighted by atomic mass is 10.2. The molecule has 4 heteroatoms. The molecule has 0 aliphatic heterocycles. The predicted molar refractivity (Wildman–Crippen MR) is 48.4 cm³/mol. The third-order valence-corrected chi connectivity index (χ3v) is 2.09. The molecule has 11 heavy (non-hydrogen) atoms. The van der Waals surface area contributed by atoms with Gasteiger partial charge in [-0.1, -0.05) is 27.5 Å². The predicted octanol–water partition coefficient (Wildman–Crippen LogP) is 3.15. The molecule has 60 valence electrons. The van der Waals surface area contributed by atoms with Crippen molar-refractivity contribution in [1.29, 1.82) is 0 Å². The van der Waals surface area contributed by atoms with Crippen LogP contribution in [0.5, 0.6) is 0 Å². The van der Waals surface area contributed by atoms with Gasteiger partial charge in [-0.2, -0.15) is 0 Å². The molecule has 0 atom stereocenters. The van der Waals surface area contributed by atoms with Crippen molar-refractivity contribution < 1.29 is 4.39 Å². The second kappa shape index (κ2) is 3.41. The van der Waals surface area contributed by atoms with Crippen LogP contribution in [0.1, 0.15) is 5.56 Å². The van der Waals surface area contributed by atoms with E-state index in [-0.39, 0.29) is 0 Å². The van der Waals surface area contributed by atoms with Crippen molar-refractivity contribution in [2.75, 3.05) is 5.73 Å². The van der Waals surface area contributed by atoms with E-state index < -0.39 is 6.67 Å². The highest BCUT2D eigenvalue weighted by atomic mass is 79.9. The average Bonchev–Trinajstić information content (AvgIpc) is 1.96. The molecule has 0 fully saturated rings. The summed E-state index contributed by atoms with van der Waals surface area (Å²) >= 11 is 8.86. The number of nitrogen functional groups attached to an aromatic ring is 1. The molecule has 1 rings (SSSR count). The van der Waals surface area contributed by atoms with Crippen molar-refractivity contribution in [2.45, 2.75) is 6.67 Å². The highest BCUT2D eigenvalue weighted by molar-refractivity contribution is 9.10.